The van der Waals surface area contributed by atoms with E-state index >= 15 is 0 Å². The molecule has 0 saturated heterocycles. The molecule has 1 fully saturated rings. The summed E-state index contributed by atoms with van der Waals surface area (Å²) in [4.78, 5) is 66.0. The first kappa shape index (κ1) is 30.9. The van der Waals surface area contributed by atoms with Crippen LogP contribution in [0, 0.1) is 18.7 Å². The van der Waals surface area contributed by atoms with E-state index in [-0.39, 0.29) is 36.3 Å². The number of likely N-dealkylation sites (N-methyl/N-ethyl adjacent to an activating group) is 2. The largest absolute Gasteiger partial charge is 0.491 e. The molecule has 4 heterocycles. The van der Waals surface area contributed by atoms with Crippen LogP contribution in [0.25, 0.3) is 11.5 Å². The zero-order valence-corrected chi connectivity index (χ0v) is 24.4. The van der Waals surface area contributed by atoms with Crippen LogP contribution in [0.2, 0.25) is 0 Å². The topological polar surface area (TPSA) is 130 Å². The molecule has 0 spiro atoms. The number of aromatic nitrogens is 4. The summed E-state index contributed by atoms with van der Waals surface area (Å²) in [6, 6.07) is 4.48. The van der Waals surface area contributed by atoms with Crippen molar-refractivity contribution in [3.8, 4) is 17.3 Å². The lowest BCUT2D eigenvalue weighted by Gasteiger charge is -2.43. The van der Waals surface area contributed by atoms with Crippen LogP contribution in [0.3, 0.4) is 0 Å². The first-order chi connectivity index (χ1) is 20.6. The van der Waals surface area contributed by atoms with Gasteiger partial charge in [0.1, 0.15) is 17.2 Å². The number of hydrogen-bond donors (Lipinski definition) is 1. The maximum atomic E-state index is 13.9. The monoisotopic (exact) mass is 618 g/mol. The maximum Gasteiger partial charge on any atom is 0.491 e. The molecule has 15 heteroatoms. The summed E-state index contributed by atoms with van der Waals surface area (Å²) in [6.45, 7) is 1.66. The Morgan fingerprint density at radius 2 is 1.80 bits per heavy atom. The van der Waals surface area contributed by atoms with Gasteiger partial charge in [-0.05, 0) is 55.7 Å². The SMILES string of the molecule is Cc1cc(Cc2c[nH]c(-c3nc4n(c(=O)c3OC(=O)C(F)(F)F)CC3CCC4(N(C)C(=O)C(=O)N(C)C)CC3)n2)ccc1F. The van der Waals surface area contributed by atoms with Gasteiger partial charge in [0.25, 0.3) is 5.56 Å². The number of nitrogens with one attached hydrogen (secondary N) is 1. The van der Waals surface area contributed by atoms with Crippen molar-refractivity contribution in [2.24, 2.45) is 5.92 Å². The van der Waals surface area contributed by atoms with Crippen LogP contribution in [0.15, 0.2) is 29.2 Å². The number of aromatic amines is 1. The Morgan fingerprint density at radius 3 is 2.41 bits per heavy atom. The minimum absolute atomic E-state index is 0.0545. The number of hydrogen-bond acceptors (Lipinski definition) is 7. The van der Waals surface area contributed by atoms with Crippen LogP contribution in [0.5, 0.6) is 5.75 Å². The van der Waals surface area contributed by atoms with Gasteiger partial charge in [-0.25, -0.2) is 19.2 Å². The average Bonchev–Trinajstić information content (AvgIpc) is 3.29. The van der Waals surface area contributed by atoms with Crippen molar-refractivity contribution in [1.29, 1.82) is 0 Å². The third kappa shape index (κ3) is 5.46. The smallest absolute Gasteiger partial charge is 0.411 e. The Kier molecular flexibility index (Phi) is 7.84. The summed E-state index contributed by atoms with van der Waals surface area (Å²) in [5.41, 5.74) is -1.26. The number of rotatable bonds is 5. The Hall–Kier alpha value is -4.56. The molecule has 3 aliphatic rings. The van der Waals surface area contributed by atoms with Crippen molar-refractivity contribution < 1.29 is 36.7 Å². The second-order valence-corrected chi connectivity index (χ2v) is 11.5. The number of esters is 1. The van der Waals surface area contributed by atoms with Gasteiger partial charge < -0.3 is 19.5 Å². The zero-order valence-electron chi connectivity index (χ0n) is 24.4. The Balaban J connectivity index is 1.67. The van der Waals surface area contributed by atoms with Crippen LogP contribution in [-0.2, 0) is 32.9 Å². The molecule has 2 bridgehead atoms. The lowest BCUT2D eigenvalue weighted by atomic mass is 9.76. The summed E-state index contributed by atoms with van der Waals surface area (Å²) in [7, 11) is 4.28. The minimum Gasteiger partial charge on any atom is -0.411 e. The van der Waals surface area contributed by atoms with Crippen molar-refractivity contribution >= 4 is 17.8 Å². The van der Waals surface area contributed by atoms with E-state index in [0.29, 0.717) is 42.5 Å². The molecule has 234 valence electrons. The zero-order chi connectivity index (χ0) is 32.1. The second-order valence-electron chi connectivity index (χ2n) is 11.5. The number of fused-ring (bicyclic) bond motifs is 2. The first-order valence-electron chi connectivity index (χ1n) is 13.9. The summed E-state index contributed by atoms with van der Waals surface area (Å²) < 4.78 is 59.5. The lowest BCUT2D eigenvalue weighted by Crippen LogP contribution is -2.54. The number of halogens is 4. The molecule has 6 rings (SSSR count). The molecule has 0 atom stereocenters. The van der Waals surface area contributed by atoms with E-state index in [2.05, 4.69) is 19.7 Å². The molecule has 3 aromatic rings. The van der Waals surface area contributed by atoms with Crippen LogP contribution < -0.4 is 10.3 Å². The Labute approximate surface area is 248 Å². The predicted molar refractivity (Wildman–Crippen MR) is 147 cm³/mol. The molecular weight excluding hydrogens is 588 g/mol. The fourth-order valence-corrected chi connectivity index (χ4v) is 5.90. The highest BCUT2D eigenvalue weighted by atomic mass is 19.4. The molecule has 1 saturated carbocycles. The number of ether oxygens (including phenoxy) is 1. The minimum atomic E-state index is -5.41. The summed E-state index contributed by atoms with van der Waals surface area (Å²) in [5.74, 6) is -5.78. The third-order valence-electron chi connectivity index (χ3n) is 8.34. The van der Waals surface area contributed by atoms with Gasteiger partial charge in [-0.1, -0.05) is 12.1 Å². The molecule has 1 aromatic carbocycles. The number of carbonyl (C=O) groups excluding carboxylic acids is 3. The quantitative estimate of drug-likeness (QED) is 0.264. The van der Waals surface area contributed by atoms with Crippen molar-refractivity contribution in [1.82, 2.24) is 29.3 Å². The number of benzene rings is 1. The Bertz CT molecular complexity index is 1700. The van der Waals surface area contributed by atoms with Gasteiger partial charge in [0.15, 0.2) is 11.5 Å². The molecule has 44 heavy (non-hydrogen) atoms. The lowest BCUT2D eigenvalue weighted by molar-refractivity contribution is -0.189. The fraction of sp³-hybridized carbons (Fsp3) is 0.448. The van der Waals surface area contributed by atoms with Gasteiger partial charge >= 0.3 is 24.0 Å². The van der Waals surface area contributed by atoms with Crippen LogP contribution in [-0.4, -0.2) is 74.4 Å². The average molecular weight is 619 g/mol. The molecule has 11 nitrogen and oxygen atoms in total. The fourth-order valence-electron chi connectivity index (χ4n) is 5.90. The standard InChI is InChI=1S/C29H30F4N6O5/c1-15-11-17(5-6-19(15)30)12-18-13-34-22(35-18)20-21(44-27(43)29(31,32)33)23(40)39-14-16-7-9-28(10-8-16,26(39)36-20)38(4)25(42)24(41)37(2)3/h5-6,11,13,16H,7-10,12,14H2,1-4H3,(H,34,35). The van der Waals surface area contributed by atoms with E-state index in [1.54, 1.807) is 19.1 Å². The summed E-state index contributed by atoms with van der Waals surface area (Å²) in [5, 5.41) is 0. The van der Waals surface area contributed by atoms with E-state index in [1.807, 2.05) is 0 Å². The highest BCUT2D eigenvalue weighted by Crippen LogP contribution is 2.47. The van der Waals surface area contributed by atoms with E-state index in [0.717, 1.165) is 9.47 Å². The number of alkyl halides is 3. The number of amides is 2. The molecule has 2 amide bonds. The van der Waals surface area contributed by atoms with Crippen LogP contribution >= 0.6 is 0 Å². The number of carbonyl (C=O) groups is 3. The molecule has 0 unspecified atom stereocenters. The van der Waals surface area contributed by atoms with Crippen LogP contribution in [0.4, 0.5) is 17.6 Å². The van der Waals surface area contributed by atoms with Crippen LogP contribution in [0.1, 0.15) is 48.3 Å². The molecule has 1 aliphatic carbocycles. The van der Waals surface area contributed by atoms with Crippen molar-refractivity contribution in [3.63, 3.8) is 0 Å². The van der Waals surface area contributed by atoms with Gasteiger partial charge in [-0.2, -0.15) is 13.2 Å². The van der Waals surface area contributed by atoms with Gasteiger partial charge in [-0.15, -0.1) is 0 Å². The summed E-state index contributed by atoms with van der Waals surface area (Å²) in [6.07, 6.45) is -1.99. The van der Waals surface area contributed by atoms with E-state index in [9.17, 15) is 36.7 Å². The highest BCUT2D eigenvalue weighted by molar-refractivity contribution is 6.34. The first-order valence-corrected chi connectivity index (χ1v) is 13.9. The number of H-pyrrole nitrogens is 1. The Morgan fingerprint density at radius 1 is 1.11 bits per heavy atom. The van der Waals surface area contributed by atoms with Gasteiger partial charge in [0, 0.05) is 40.3 Å². The van der Waals surface area contributed by atoms with Crippen molar-refractivity contribution in [2.75, 3.05) is 21.1 Å². The number of imidazole rings is 1. The van der Waals surface area contributed by atoms with Crippen molar-refractivity contribution in [2.45, 2.75) is 57.3 Å². The van der Waals surface area contributed by atoms with E-state index < -0.39 is 46.5 Å². The molecule has 2 aliphatic heterocycles. The van der Waals surface area contributed by atoms with E-state index in [1.165, 1.54) is 38.3 Å². The third-order valence-corrected chi connectivity index (χ3v) is 8.34. The van der Waals surface area contributed by atoms with Gasteiger partial charge in [0.05, 0.1) is 5.69 Å². The predicted octanol–water partition coefficient (Wildman–Crippen LogP) is 3.09. The van der Waals surface area contributed by atoms with Crippen molar-refractivity contribution in [3.05, 3.63) is 63.2 Å². The molecule has 2 aromatic heterocycles. The second kappa shape index (κ2) is 11.2. The van der Waals surface area contributed by atoms with E-state index in [4.69, 9.17) is 0 Å². The summed E-state index contributed by atoms with van der Waals surface area (Å²) >= 11 is 0. The molecular formula is C29H30F4N6O5. The number of aryl methyl sites for hydroxylation is 1. The van der Waals surface area contributed by atoms with Gasteiger partial charge in [0.2, 0.25) is 5.75 Å². The number of nitrogens with zero attached hydrogens (tertiary/aromatic N) is 5. The normalized spacial score (nSPS) is 19.2. The maximum absolute atomic E-state index is 13.9. The van der Waals surface area contributed by atoms with Gasteiger partial charge in [-0.3, -0.25) is 19.0 Å². The molecule has 1 N–H and O–H groups in total. The highest BCUT2D eigenvalue weighted by Gasteiger charge is 2.51. The molecule has 0 radical (unpaired) electrons.